The van der Waals surface area contributed by atoms with Crippen LogP contribution in [0.1, 0.15) is 12.5 Å². The molecule has 0 aliphatic rings. The van der Waals surface area contributed by atoms with Crippen molar-refractivity contribution in [1.82, 2.24) is 10.2 Å². The Morgan fingerprint density at radius 2 is 1.82 bits per heavy atom. The summed E-state index contributed by atoms with van der Waals surface area (Å²) in [4.78, 5) is 0. The molecule has 0 bridgehead atoms. The van der Waals surface area contributed by atoms with E-state index >= 15 is 0 Å². The number of hydrogen-bond acceptors (Lipinski definition) is 2. The Bertz CT molecular complexity index is 540. The van der Waals surface area contributed by atoms with E-state index in [0.29, 0.717) is 24.1 Å². The van der Waals surface area contributed by atoms with Gasteiger partial charge in [-0.25, -0.2) is 13.2 Å². The predicted octanol–water partition coefficient (Wildman–Crippen LogP) is 2.64. The minimum Gasteiger partial charge on any atom is -0.382 e. The monoisotopic (exact) mass is 241 g/mol. The molecule has 0 unspecified atom stereocenters. The lowest BCUT2D eigenvalue weighted by Crippen LogP contribution is -1.96. The van der Waals surface area contributed by atoms with Crippen LogP contribution in [-0.2, 0) is 6.42 Å². The summed E-state index contributed by atoms with van der Waals surface area (Å²) < 4.78 is 39.9. The Morgan fingerprint density at radius 3 is 2.35 bits per heavy atom. The van der Waals surface area contributed by atoms with Gasteiger partial charge < -0.3 is 5.73 Å². The Labute approximate surface area is 95.5 Å². The number of nitrogens with zero attached hydrogens (tertiary/aromatic N) is 1. The molecule has 2 rings (SSSR count). The molecule has 3 N–H and O–H groups in total. The van der Waals surface area contributed by atoms with Crippen LogP contribution in [0, 0.1) is 17.5 Å². The van der Waals surface area contributed by atoms with Gasteiger partial charge in [0.15, 0.2) is 0 Å². The number of rotatable bonds is 2. The van der Waals surface area contributed by atoms with Gasteiger partial charge in [-0.15, -0.1) is 0 Å². The summed E-state index contributed by atoms with van der Waals surface area (Å²) in [6.45, 7) is 1.78. The van der Waals surface area contributed by atoms with Gasteiger partial charge in [-0.2, -0.15) is 5.10 Å². The molecule has 90 valence electrons. The second-order valence-electron chi connectivity index (χ2n) is 3.56. The molecule has 0 amide bonds. The number of benzene rings is 1. The summed E-state index contributed by atoms with van der Waals surface area (Å²) in [6, 6.07) is 1.24. The van der Waals surface area contributed by atoms with Gasteiger partial charge in [0, 0.05) is 17.7 Å². The van der Waals surface area contributed by atoms with Crippen molar-refractivity contribution >= 4 is 5.82 Å². The highest BCUT2D eigenvalue weighted by atomic mass is 19.1. The third kappa shape index (κ3) is 1.86. The average molecular weight is 241 g/mol. The van der Waals surface area contributed by atoms with Crippen molar-refractivity contribution in [2.75, 3.05) is 5.73 Å². The number of aromatic amines is 1. The van der Waals surface area contributed by atoms with Crippen LogP contribution in [0.25, 0.3) is 11.3 Å². The molecule has 0 atom stereocenters. The highest BCUT2D eigenvalue weighted by Gasteiger charge is 2.19. The molecule has 0 aliphatic heterocycles. The molecular weight excluding hydrogens is 231 g/mol. The fraction of sp³-hybridized carbons (Fsp3) is 0.182. The van der Waals surface area contributed by atoms with Crippen LogP contribution in [0.4, 0.5) is 19.0 Å². The fourth-order valence-electron chi connectivity index (χ4n) is 1.72. The number of anilines is 1. The normalized spacial score (nSPS) is 10.8. The summed E-state index contributed by atoms with van der Waals surface area (Å²) in [5.74, 6) is -2.75. The van der Waals surface area contributed by atoms with E-state index in [4.69, 9.17) is 5.73 Å². The lowest BCUT2D eigenvalue weighted by molar-refractivity contribution is 0.547. The van der Waals surface area contributed by atoms with Gasteiger partial charge in [0.25, 0.3) is 0 Å². The molecule has 3 nitrogen and oxygen atoms in total. The molecule has 6 heteroatoms. The van der Waals surface area contributed by atoms with Crippen LogP contribution in [0.5, 0.6) is 0 Å². The van der Waals surface area contributed by atoms with Gasteiger partial charge in [0.1, 0.15) is 23.3 Å². The summed E-state index contributed by atoms with van der Waals surface area (Å²) in [5, 5.41) is 6.16. The average Bonchev–Trinajstić information content (AvgIpc) is 2.58. The summed E-state index contributed by atoms with van der Waals surface area (Å²) in [6.07, 6.45) is 0.466. The minimum atomic E-state index is -0.985. The molecule has 0 radical (unpaired) electrons. The standard InChI is InChI=1S/C11H10F3N3/c1-2-6-10(16-17-11(6)15)9-7(13)3-5(12)4-8(9)14/h3-4H,2H2,1H3,(H3,15,16,17). The first-order valence-corrected chi connectivity index (χ1v) is 5.02. The van der Waals surface area contributed by atoms with E-state index < -0.39 is 17.5 Å². The number of halogens is 3. The maximum atomic E-state index is 13.6. The Hall–Kier alpha value is -1.98. The molecule has 0 fully saturated rings. The SMILES string of the molecule is CCc1c(N)n[nH]c1-c1c(F)cc(F)cc1F. The molecule has 1 aromatic heterocycles. The van der Waals surface area contributed by atoms with E-state index in [1.54, 1.807) is 6.92 Å². The lowest BCUT2D eigenvalue weighted by Gasteiger charge is -2.05. The van der Waals surface area contributed by atoms with E-state index in [9.17, 15) is 13.2 Å². The largest absolute Gasteiger partial charge is 0.382 e. The van der Waals surface area contributed by atoms with Gasteiger partial charge in [0.2, 0.25) is 0 Å². The van der Waals surface area contributed by atoms with E-state index in [0.717, 1.165) is 0 Å². The minimum absolute atomic E-state index is 0.153. The molecule has 1 aromatic carbocycles. The quantitative estimate of drug-likeness (QED) is 0.849. The van der Waals surface area contributed by atoms with Gasteiger partial charge in [-0.05, 0) is 6.42 Å². The van der Waals surface area contributed by atoms with E-state index in [-0.39, 0.29) is 17.1 Å². The van der Waals surface area contributed by atoms with Crippen LogP contribution < -0.4 is 5.73 Å². The van der Waals surface area contributed by atoms with E-state index in [1.165, 1.54) is 0 Å². The van der Waals surface area contributed by atoms with Crippen molar-refractivity contribution < 1.29 is 13.2 Å². The van der Waals surface area contributed by atoms with Crippen LogP contribution in [0.15, 0.2) is 12.1 Å². The first kappa shape index (κ1) is 11.5. The number of nitrogens with one attached hydrogen (secondary N) is 1. The summed E-state index contributed by atoms with van der Waals surface area (Å²) in [5.41, 5.74) is 5.88. The van der Waals surface area contributed by atoms with Crippen molar-refractivity contribution in [3.05, 3.63) is 35.1 Å². The molecule has 2 aromatic rings. The zero-order chi connectivity index (χ0) is 12.6. The second kappa shape index (κ2) is 4.12. The topological polar surface area (TPSA) is 54.7 Å². The predicted molar refractivity (Wildman–Crippen MR) is 57.7 cm³/mol. The molecule has 0 spiro atoms. The first-order valence-electron chi connectivity index (χ1n) is 5.02. The third-order valence-corrected chi connectivity index (χ3v) is 2.51. The fourth-order valence-corrected chi connectivity index (χ4v) is 1.72. The number of hydrogen-bond donors (Lipinski definition) is 2. The zero-order valence-electron chi connectivity index (χ0n) is 9.02. The number of nitrogen functional groups attached to an aromatic ring is 1. The maximum absolute atomic E-state index is 13.6. The maximum Gasteiger partial charge on any atom is 0.149 e. The van der Waals surface area contributed by atoms with Crippen molar-refractivity contribution in [1.29, 1.82) is 0 Å². The molecule has 17 heavy (non-hydrogen) atoms. The van der Waals surface area contributed by atoms with E-state index in [2.05, 4.69) is 10.2 Å². The molecular formula is C11H10F3N3. The van der Waals surface area contributed by atoms with Gasteiger partial charge in [-0.3, -0.25) is 5.10 Å². The Kier molecular flexibility index (Phi) is 2.79. The highest BCUT2D eigenvalue weighted by Crippen LogP contribution is 2.30. The summed E-state index contributed by atoms with van der Waals surface area (Å²) >= 11 is 0. The van der Waals surface area contributed by atoms with Crippen LogP contribution in [-0.4, -0.2) is 10.2 Å². The summed E-state index contributed by atoms with van der Waals surface area (Å²) in [7, 11) is 0. The molecule has 1 heterocycles. The van der Waals surface area contributed by atoms with Crippen molar-refractivity contribution in [3.8, 4) is 11.3 Å². The number of H-pyrrole nitrogens is 1. The van der Waals surface area contributed by atoms with Crippen molar-refractivity contribution in [2.24, 2.45) is 0 Å². The number of nitrogens with two attached hydrogens (primary N) is 1. The van der Waals surface area contributed by atoms with Gasteiger partial charge in [0.05, 0.1) is 11.3 Å². The molecule has 0 aliphatic carbocycles. The van der Waals surface area contributed by atoms with E-state index in [1.807, 2.05) is 0 Å². The molecule has 0 saturated carbocycles. The van der Waals surface area contributed by atoms with Crippen LogP contribution >= 0.6 is 0 Å². The van der Waals surface area contributed by atoms with Crippen molar-refractivity contribution in [3.63, 3.8) is 0 Å². The van der Waals surface area contributed by atoms with Crippen LogP contribution in [0.3, 0.4) is 0 Å². The molecule has 0 saturated heterocycles. The Morgan fingerprint density at radius 1 is 1.24 bits per heavy atom. The highest BCUT2D eigenvalue weighted by molar-refractivity contribution is 5.69. The first-order chi connectivity index (χ1) is 8.04. The second-order valence-corrected chi connectivity index (χ2v) is 3.56. The number of aromatic nitrogens is 2. The van der Waals surface area contributed by atoms with Gasteiger partial charge >= 0.3 is 0 Å². The van der Waals surface area contributed by atoms with Gasteiger partial charge in [-0.1, -0.05) is 6.92 Å². The van der Waals surface area contributed by atoms with Crippen molar-refractivity contribution in [2.45, 2.75) is 13.3 Å². The zero-order valence-corrected chi connectivity index (χ0v) is 9.02. The van der Waals surface area contributed by atoms with Crippen LogP contribution in [0.2, 0.25) is 0 Å². The lowest BCUT2D eigenvalue weighted by atomic mass is 10.0. The third-order valence-electron chi connectivity index (χ3n) is 2.51. The smallest absolute Gasteiger partial charge is 0.149 e. The Balaban J connectivity index is 2.68.